The monoisotopic (exact) mass is 303 g/mol. The second kappa shape index (κ2) is 6.02. The lowest BCUT2D eigenvalue weighted by molar-refractivity contribution is -0.138. The fourth-order valence-corrected chi connectivity index (χ4v) is 5.33. The van der Waals surface area contributed by atoms with Gasteiger partial charge in [0.2, 0.25) is 0 Å². The molecule has 1 aliphatic heterocycles. The van der Waals surface area contributed by atoms with E-state index in [0.717, 1.165) is 25.8 Å². The molecule has 1 N–H and O–H groups in total. The van der Waals surface area contributed by atoms with Crippen LogP contribution >= 0.6 is 0 Å². The Morgan fingerprint density at radius 3 is 2.60 bits per heavy atom. The molecule has 0 bridgehead atoms. The maximum atomic E-state index is 12.2. The van der Waals surface area contributed by atoms with E-state index in [1.807, 2.05) is 0 Å². The van der Waals surface area contributed by atoms with Gasteiger partial charge in [0.1, 0.15) is 0 Å². The summed E-state index contributed by atoms with van der Waals surface area (Å²) in [6.45, 7) is 1.05. The van der Waals surface area contributed by atoms with E-state index in [9.17, 15) is 13.2 Å². The number of nitrogens with zero attached hydrogens (tertiary/aromatic N) is 1. The molecule has 1 saturated heterocycles. The molecule has 5 nitrogen and oxygen atoms in total. The first-order chi connectivity index (χ1) is 9.32. The molecular weight excluding hydrogens is 278 g/mol. The predicted molar refractivity (Wildman–Crippen MR) is 77.5 cm³/mol. The molecule has 6 heteroatoms. The van der Waals surface area contributed by atoms with E-state index in [1.54, 1.807) is 0 Å². The minimum atomic E-state index is -3.14. The molecule has 2 aliphatic rings. The number of likely N-dealkylation sites (tertiary alicyclic amines) is 1. The Kier molecular flexibility index (Phi) is 4.74. The van der Waals surface area contributed by atoms with Crippen LogP contribution in [0, 0.1) is 5.41 Å². The number of hydrogen-bond acceptors (Lipinski definition) is 4. The Morgan fingerprint density at radius 1 is 1.35 bits per heavy atom. The highest BCUT2D eigenvalue weighted by Crippen LogP contribution is 2.50. The molecule has 20 heavy (non-hydrogen) atoms. The van der Waals surface area contributed by atoms with E-state index in [2.05, 4.69) is 11.9 Å². The zero-order valence-electron chi connectivity index (χ0n) is 12.2. The second-order valence-corrected chi connectivity index (χ2v) is 8.77. The highest BCUT2D eigenvalue weighted by molar-refractivity contribution is 7.91. The highest BCUT2D eigenvalue weighted by atomic mass is 32.2. The minimum Gasteiger partial charge on any atom is -0.481 e. The van der Waals surface area contributed by atoms with Crippen molar-refractivity contribution in [3.8, 4) is 0 Å². The molecule has 1 aliphatic carbocycles. The maximum Gasteiger partial charge on any atom is 0.303 e. The molecule has 1 atom stereocenters. The third kappa shape index (κ3) is 4.45. The summed E-state index contributed by atoms with van der Waals surface area (Å²) < 4.78 is 24.4. The number of carboxylic acids is 1. The van der Waals surface area contributed by atoms with Crippen molar-refractivity contribution in [1.82, 2.24) is 4.90 Å². The quantitative estimate of drug-likeness (QED) is 0.772. The molecular formula is C14H25NO4S. The van der Waals surface area contributed by atoms with Crippen LogP contribution in [0.25, 0.3) is 0 Å². The third-order valence-electron chi connectivity index (χ3n) is 4.69. The summed E-state index contributed by atoms with van der Waals surface area (Å²) in [7, 11) is -1.08. The van der Waals surface area contributed by atoms with Crippen molar-refractivity contribution in [2.24, 2.45) is 5.41 Å². The van der Waals surface area contributed by atoms with Crippen LogP contribution in [0.4, 0.5) is 0 Å². The molecule has 0 aromatic rings. The van der Waals surface area contributed by atoms with Crippen molar-refractivity contribution >= 4 is 15.8 Å². The summed E-state index contributed by atoms with van der Waals surface area (Å²) in [5, 5.41) is 8.85. The largest absolute Gasteiger partial charge is 0.481 e. The van der Waals surface area contributed by atoms with Crippen LogP contribution < -0.4 is 0 Å². The van der Waals surface area contributed by atoms with Gasteiger partial charge in [0, 0.05) is 6.04 Å². The number of carboxylic acid groups (broad SMARTS) is 1. The standard InChI is InChI=1S/C14H25NO4S/c1-15-8-3-2-4-12(15)5-9-20(18,19)11-14(6-7-14)10-13(16)17/h12H,2-11H2,1H3,(H,16,17). The van der Waals surface area contributed by atoms with Gasteiger partial charge in [-0.3, -0.25) is 4.79 Å². The fraction of sp³-hybridized carbons (Fsp3) is 0.929. The number of aliphatic carboxylic acids is 1. The molecule has 0 aromatic heterocycles. The van der Waals surface area contributed by atoms with Gasteiger partial charge in [-0.15, -0.1) is 0 Å². The number of rotatable bonds is 7. The van der Waals surface area contributed by atoms with Crippen LogP contribution in [0.1, 0.15) is 44.9 Å². The lowest BCUT2D eigenvalue weighted by Crippen LogP contribution is -2.37. The van der Waals surface area contributed by atoms with Gasteiger partial charge < -0.3 is 10.0 Å². The highest BCUT2D eigenvalue weighted by Gasteiger charge is 2.47. The molecule has 1 saturated carbocycles. The molecule has 0 spiro atoms. The first-order valence-corrected chi connectivity index (χ1v) is 9.27. The summed E-state index contributed by atoms with van der Waals surface area (Å²) in [5.74, 6) is -0.628. The number of carbonyl (C=O) groups is 1. The fourth-order valence-electron chi connectivity index (χ4n) is 3.23. The van der Waals surface area contributed by atoms with Gasteiger partial charge in [-0.25, -0.2) is 8.42 Å². The smallest absolute Gasteiger partial charge is 0.303 e. The van der Waals surface area contributed by atoms with Gasteiger partial charge in [-0.1, -0.05) is 6.42 Å². The molecule has 2 rings (SSSR count). The number of hydrogen-bond donors (Lipinski definition) is 1. The van der Waals surface area contributed by atoms with Crippen molar-refractivity contribution in [1.29, 1.82) is 0 Å². The van der Waals surface area contributed by atoms with Crippen LogP contribution in [-0.2, 0) is 14.6 Å². The lowest BCUT2D eigenvalue weighted by Gasteiger charge is -2.32. The van der Waals surface area contributed by atoms with E-state index in [0.29, 0.717) is 12.5 Å². The van der Waals surface area contributed by atoms with Gasteiger partial charge in [-0.05, 0) is 51.1 Å². The Labute approximate surface area is 121 Å². The van der Waals surface area contributed by atoms with Crippen molar-refractivity contribution in [2.45, 2.75) is 51.0 Å². The van der Waals surface area contributed by atoms with E-state index in [-0.39, 0.29) is 17.9 Å². The first kappa shape index (κ1) is 15.8. The summed E-state index contributed by atoms with van der Waals surface area (Å²) in [5.41, 5.74) is -0.455. The van der Waals surface area contributed by atoms with Gasteiger partial charge in [0.05, 0.1) is 17.9 Å². The number of sulfone groups is 1. The SMILES string of the molecule is CN1CCCCC1CCS(=O)(=O)CC1(CC(=O)O)CC1. The van der Waals surface area contributed by atoms with Crippen LogP contribution in [0.2, 0.25) is 0 Å². The topological polar surface area (TPSA) is 74.7 Å². The van der Waals surface area contributed by atoms with Gasteiger partial charge in [-0.2, -0.15) is 0 Å². The molecule has 0 aromatic carbocycles. The normalized spacial score (nSPS) is 26.4. The average Bonchev–Trinajstić information content (AvgIpc) is 3.05. The summed E-state index contributed by atoms with van der Waals surface area (Å²) in [6, 6.07) is 0.369. The molecule has 1 heterocycles. The Hall–Kier alpha value is -0.620. The Balaban J connectivity index is 1.83. The Bertz CT molecular complexity index is 456. The average molecular weight is 303 g/mol. The van der Waals surface area contributed by atoms with Crippen LogP contribution in [-0.4, -0.2) is 55.5 Å². The van der Waals surface area contributed by atoms with Crippen LogP contribution in [0.3, 0.4) is 0 Å². The zero-order valence-corrected chi connectivity index (χ0v) is 13.0. The summed E-state index contributed by atoms with van der Waals surface area (Å²) in [6.07, 6.45) is 5.60. The van der Waals surface area contributed by atoms with Gasteiger partial charge in [0.15, 0.2) is 9.84 Å². The molecule has 2 fully saturated rings. The van der Waals surface area contributed by atoms with E-state index in [4.69, 9.17) is 5.11 Å². The zero-order chi connectivity index (χ0) is 14.8. The van der Waals surface area contributed by atoms with Crippen LogP contribution in [0.15, 0.2) is 0 Å². The molecule has 0 amide bonds. The van der Waals surface area contributed by atoms with Gasteiger partial charge >= 0.3 is 5.97 Å². The summed E-state index contributed by atoms with van der Waals surface area (Å²) >= 11 is 0. The number of piperidine rings is 1. The maximum absolute atomic E-state index is 12.2. The van der Waals surface area contributed by atoms with Crippen molar-refractivity contribution in [3.63, 3.8) is 0 Å². The predicted octanol–water partition coefficient (Wildman–Crippen LogP) is 1.53. The van der Waals surface area contributed by atoms with Crippen LogP contribution in [0.5, 0.6) is 0 Å². The molecule has 1 unspecified atom stereocenters. The third-order valence-corrected chi connectivity index (χ3v) is 6.60. The van der Waals surface area contributed by atoms with Crippen molar-refractivity contribution < 1.29 is 18.3 Å². The first-order valence-electron chi connectivity index (χ1n) is 7.44. The van der Waals surface area contributed by atoms with E-state index in [1.165, 1.54) is 12.8 Å². The molecule has 0 radical (unpaired) electrons. The Morgan fingerprint density at radius 2 is 2.05 bits per heavy atom. The van der Waals surface area contributed by atoms with E-state index >= 15 is 0 Å². The van der Waals surface area contributed by atoms with E-state index < -0.39 is 21.2 Å². The lowest BCUT2D eigenvalue weighted by atomic mass is 10.0. The second-order valence-electron chi connectivity index (χ2n) is 6.58. The van der Waals surface area contributed by atoms with Gasteiger partial charge in [0.25, 0.3) is 0 Å². The van der Waals surface area contributed by atoms with Crippen molar-refractivity contribution in [3.05, 3.63) is 0 Å². The molecule has 116 valence electrons. The minimum absolute atomic E-state index is 0.00440. The van der Waals surface area contributed by atoms with Crippen molar-refractivity contribution in [2.75, 3.05) is 25.1 Å². The summed E-state index contributed by atoms with van der Waals surface area (Å²) in [4.78, 5) is 13.0.